The normalized spacial score (nSPS) is 17.9. The molecule has 1 heterocycles. The third kappa shape index (κ3) is 2.31. The molecule has 0 saturated carbocycles. The first kappa shape index (κ1) is 13.5. The van der Waals surface area contributed by atoms with Crippen LogP contribution in [0.4, 0.5) is 4.39 Å². The van der Waals surface area contributed by atoms with Crippen molar-refractivity contribution < 1.29 is 9.13 Å². The van der Waals surface area contributed by atoms with Crippen LogP contribution in [0.5, 0.6) is 5.75 Å². The van der Waals surface area contributed by atoms with E-state index in [1.165, 1.54) is 24.5 Å². The summed E-state index contributed by atoms with van der Waals surface area (Å²) >= 11 is 1.70. The maximum absolute atomic E-state index is 13.5. The summed E-state index contributed by atoms with van der Waals surface area (Å²) in [7, 11) is 3.45. The molecule has 1 N–H and O–H groups in total. The maximum Gasteiger partial charge on any atom is 0.165 e. The number of halogens is 1. The van der Waals surface area contributed by atoms with E-state index in [4.69, 9.17) is 9.72 Å². The van der Waals surface area contributed by atoms with Gasteiger partial charge in [0.15, 0.2) is 11.6 Å². The Labute approximate surface area is 121 Å². The molecule has 0 spiro atoms. The van der Waals surface area contributed by atoms with Gasteiger partial charge in [-0.05, 0) is 44.5 Å². The van der Waals surface area contributed by atoms with Crippen molar-refractivity contribution in [2.75, 3.05) is 14.2 Å². The monoisotopic (exact) mass is 292 g/mol. The molecule has 1 aromatic carbocycles. The first-order valence-corrected chi connectivity index (χ1v) is 7.55. The van der Waals surface area contributed by atoms with Crippen molar-refractivity contribution >= 4 is 11.3 Å². The van der Waals surface area contributed by atoms with E-state index >= 15 is 0 Å². The van der Waals surface area contributed by atoms with Gasteiger partial charge in [0.1, 0.15) is 5.01 Å². The second-order valence-corrected chi connectivity index (χ2v) is 5.99. The highest BCUT2D eigenvalue weighted by Crippen LogP contribution is 2.37. The van der Waals surface area contributed by atoms with Crippen LogP contribution in [0.2, 0.25) is 0 Å². The molecule has 20 heavy (non-hydrogen) atoms. The molecule has 1 atom stereocenters. The maximum atomic E-state index is 13.5. The smallest absolute Gasteiger partial charge is 0.165 e. The van der Waals surface area contributed by atoms with E-state index in [1.807, 2.05) is 7.05 Å². The van der Waals surface area contributed by atoms with Crippen molar-refractivity contribution in [2.45, 2.75) is 25.3 Å². The molecule has 106 valence electrons. The van der Waals surface area contributed by atoms with Gasteiger partial charge < -0.3 is 10.1 Å². The van der Waals surface area contributed by atoms with E-state index in [1.54, 1.807) is 23.5 Å². The average Bonchev–Trinajstić information content (AvgIpc) is 2.91. The molecule has 0 radical (unpaired) electrons. The Kier molecular flexibility index (Phi) is 3.72. The summed E-state index contributed by atoms with van der Waals surface area (Å²) in [5.74, 6) is -0.0773. The molecule has 0 aliphatic heterocycles. The molecular formula is C15H17FN2OS. The topological polar surface area (TPSA) is 34.1 Å². The SMILES string of the molecule is CNC1CCCc2sc(-c3ccc(F)c(OC)c3)nc21. The number of rotatable bonds is 3. The van der Waals surface area contributed by atoms with Gasteiger partial charge in [0.05, 0.1) is 18.8 Å². The van der Waals surface area contributed by atoms with Crippen LogP contribution < -0.4 is 10.1 Å². The lowest BCUT2D eigenvalue weighted by Crippen LogP contribution is -2.21. The third-order valence-electron chi connectivity index (χ3n) is 3.70. The Bertz CT molecular complexity index is 626. The van der Waals surface area contributed by atoms with Gasteiger partial charge in [0.2, 0.25) is 0 Å². The largest absolute Gasteiger partial charge is 0.494 e. The standard InChI is InChI=1S/C15H17FN2OS/c1-17-11-4-3-5-13-14(11)18-15(20-13)9-6-7-10(16)12(8-9)19-2/h6-8,11,17H,3-5H2,1-2H3. The van der Waals surface area contributed by atoms with Gasteiger partial charge in [-0.15, -0.1) is 11.3 Å². The van der Waals surface area contributed by atoms with E-state index in [0.717, 1.165) is 29.1 Å². The fraction of sp³-hybridized carbons (Fsp3) is 0.400. The van der Waals surface area contributed by atoms with Crippen LogP contribution in [-0.4, -0.2) is 19.1 Å². The summed E-state index contributed by atoms with van der Waals surface area (Å²) in [6, 6.07) is 5.25. The minimum atomic E-state index is -0.342. The van der Waals surface area contributed by atoms with Gasteiger partial charge in [-0.25, -0.2) is 9.37 Å². The minimum absolute atomic E-state index is 0.265. The number of nitrogens with zero attached hydrogens (tertiary/aromatic N) is 1. The Morgan fingerprint density at radius 2 is 2.30 bits per heavy atom. The number of methoxy groups -OCH3 is 1. The van der Waals surface area contributed by atoms with Crippen LogP contribution >= 0.6 is 11.3 Å². The van der Waals surface area contributed by atoms with Gasteiger partial charge >= 0.3 is 0 Å². The number of hydrogen-bond donors (Lipinski definition) is 1. The highest BCUT2D eigenvalue weighted by atomic mass is 32.1. The lowest BCUT2D eigenvalue weighted by atomic mass is 9.98. The molecule has 0 amide bonds. The van der Waals surface area contributed by atoms with E-state index in [2.05, 4.69) is 5.32 Å². The van der Waals surface area contributed by atoms with Gasteiger partial charge in [-0.1, -0.05) is 0 Å². The van der Waals surface area contributed by atoms with Crippen molar-refractivity contribution in [3.63, 3.8) is 0 Å². The first-order chi connectivity index (χ1) is 9.72. The van der Waals surface area contributed by atoms with Crippen LogP contribution in [0.25, 0.3) is 10.6 Å². The van der Waals surface area contributed by atoms with Crippen molar-refractivity contribution in [1.29, 1.82) is 0 Å². The summed E-state index contributed by atoms with van der Waals surface area (Å²) in [6.45, 7) is 0. The number of fused-ring (bicyclic) bond motifs is 1. The van der Waals surface area contributed by atoms with E-state index in [9.17, 15) is 4.39 Å². The predicted molar refractivity (Wildman–Crippen MR) is 78.8 cm³/mol. The molecule has 3 rings (SSSR count). The van der Waals surface area contributed by atoms with E-state index in [-0.39, 0.29) is 11.6 Å². The highest BCUT2D eigenvalue weighted by Gasteiger charge is 2.24. The van der Waals surface area contributed by atoms with E-state index in [0.29, 0.717) is 6.04 Å². The molecule has 1 aliphatic rings. The van der Waals surface area contributed by atoms with Crippen molar-refractivity contribution in [2.24, 2.45) is 0 Å². The number of benzene rings is 1. The Morgan fingerprint density at radius 3 is 3.05 bits per heavy atom. The number of aromatic nitrogens is 1. The number of nitrogens with one attached hydrogen (secondary N) is 1. The summed E-state index contributed by atoms with van der Waals surface area (Å²) < 4.78 is 18.5. The fourth-order valence-corrected chi connectivity index (χ4v) is 3.78. The quantitative estimate of drug-likeness (QED) is 0.939. The summed E-state index contributed by atoms with van der Waals surface area (Å²) in [5, 5.41) is 4.26. The van der Waals surface area contributed by atoms with Gasteiger partial charge in [-0.2, -0.15) is 0 Å². The molecule has 3 nitrogen and oxygen atoms in total. The van der Waals surface area contributed by atoms with Crippen LogP contribution in [-0.2, 0) is 6.42 Å². The molecule has 1 aliphatic carbocycles. The van der Waals surface area contributed by atoms with Crippen molar-refractivity contribution in [3.8, 4) is 16.3 Å². The molecule has 0 bridgehead atoms. The van der Waals surface area contributed by atoms with Crippen LogP contribution in [0, 0.1) is 5.82 Å². The number of aryl methyl sites for hydroxylation is 1. The van der Waals surface area contributed by atoms with E-state index < -0.39 is 0 Å². The molecule has 0 fully saturated rings. The number of ether oxygens (including phenoxy) is 1. The number of hydrogen-bond acceptors (Lipinski definition) is 4. The fourth-order valence-electron chi connectivity index (χ4n) is 2.62. The Balaban J connectivity index is 2.01. The van der Waals surface area contributed by atoms with Gasteiger partial charge in [-0.3, -0.25) is 0 Å². The molecular weight excluding hydrogens is 275 g/mol. The lowest BCUT2D eigenvalue weighted by molar-refractivity contribution is 0.387. The van der Waals surface area contributed by atoms with Crippen LogP contribution in [0.1, 0.15) is 29.5 Å². The molecule has 0 saturated heterocycles. The Morgan fingerprint density at radius 1 is 1.45 bits per heavy atom. The molecule has 1 unspecified atom stereocenters. The second kappa shape index (κ2) is 5.50. The third-order valence-corrected chi connectivity index (χ3v) is 4.88. The zero-order valence-corrected chi connectivity index (χ0v) is 12.4. The second-order valence-electron chi connectivity index (χ2n) is 4.91. The number of thiazole rings is 1. The Hall–Kier alpha value is -1.46. The van der Waals surface area contributed by atoms with Gasteiger partial charge in [0, 0.05) is 10.4 Å². The van der Waals surface area contributed by atoms with Gasteiger partial charge in [0.25, 0.3) is 0 Å². The van der Waals surface area contributed by atoms with Crippen LogP contribution in [0.3, 0.4) is 0 Å². The summed E-state index contributed by atoms with van der Waals surface area (Å²) in [6.07, 6.45) is 3.40. The van der Waals surface area contributed by atoms with Crippen molar-refractivity contribution in [3.05, 3.63) is 34.6 Å². The highest BCUT2D eigenvalue weighted by molar-refractivity contribution is 7.15. The molecule has 5 heteroatoms. The van der Waals surface area contributed by atoms with Crippen molar-refractivity contribution in [1.82, 2.24) is 10.3 Å². The first-order valence-electron chi connectivity index (χ1n) is 6.73. The minimum Gasteiger partial charge on any atom is -0.494 e. The molecule has 1 aromatic heterocycles. The summed E-state index contributed by atoms with van der Waals surface area (Å²) in [4.78, 5) is 6.10. The predicted octanol–water partition coefficient (Wildman–Crippen LogP) is 3.55. The average molecular weight is 292 g/mol. The lowest BCUT2D eigenvalue weighted by Gasteiger charge is -2.19. The zero-order valence-electron chi connectivity index (χ0n) is 11.6. The zero-order chi connectivity index (χ0) is 14.1. The van der Waals surface area contributed by atoms with Crippen LogP contribution in [0.15, 0.2) is 18.2 Å². The summed E-state index contributed by atoms with van der Waals surface area (Å²) in [5.41, 5.74) is 2.07. The molecule has 2 aromatic rings.